The average Bonchev–Trinajstić information content (AvgIpc) is 2.47. The van der Waals surface area contributed by atoms with Crippen molar-refractivity contribution in [3.05, 3.63) is 29.1 Å². The quantitative estimate of drug-likeness (QED) is 0.855. The number of rotatable bonds is 3. The zero-order valence-corrected chi connectivity index (χ0v) is 13.3. The van der Waals surface area contributed by atoms with Crippen LogP contribution < -0.4 is 4.74 Å². The van der Waals surface area contributed by atoms with Gasteiger partial charge in [-0.3, -0.25) is 4.79 Å². The summed E-state index contributed by atoms with van der Waals surface area (Å²) in [5.41, 5.74) is 1.80. The van der Waals surface area contributed by atoms with Gasteiger partial charge in [-0.15, -0.1) is 0 Å². The molecule has 3 nitrogen and oxygen atoms in total. The first-order valence-electron chi connectivity index (χ1n) is 7.59. The predicted molar refractivity (Wildman–Crippen MR) is 81.1 cm³/mol. The summed E-state index contributed by atoms with van der Waals surface area (Å²) < 4.78 is 19.6. The Morgan fingerprint density at radius 1 is 1.48 bits per heavy atom. The van der Waals surface area contributed by atoms with Gasteiger partial charge in [-0.05, 0) is 41.9 Å². The van der Waals surface area contributed by atoms with Gasteiger partial charge < -0.3 is 9.64 Å². The Hall–Kier alpha value is -1.58. The topological polar surface area (TPSA) is 29.5 Å². The molecule has 4 heteroatoms. The number of amides is 1. The van der Waals surface area contributed by atoms with E-state index < -0.39 is 0 Å². The van der Waals surface area contributed by atoms with Crippen LogP contribution >= 0.6 is 0 Å². The number of carbonyl (C=O) groups excluding carboxylic acids is 1. The first-order chi connectivity index (χ1) is 9.97. The van der Waals surface area contributed by atoms with E-state index >= 15 is 0 Å². The maximum absolute atomic E-state index is 14.4. The lowest BCUT2D eigenvalue weighted by molar-refractivity contribution is -0.130. The Morgan fingerprint density at radius 2 is 2.19 bits per heavy atom. The van der Waals surface area contributed by atoms with E-state index in [4.69, 9.17) is 4.74 Å². The fraction of sp³-hybridized carbons (Fsp3) is 0.588. The second-order valence-electron chi connectivity index (χ2n) is 5.88. The van der Waals surface area contributed by atoms with Crippen molar-refractivity contribution < 1.29 is 13.9 Å². The summed E-state index contributed by atoms with van der Waals surface area (Å²) in [7, 11) is 1.57. The second-order valence-corrected chi connectivity index (χ2v) is 5.88. The monoisotopic (exact) mass is 293 g/mol. The van der Waals surface area contributed by atoms with E-state index in [0.29, 0.717) is 18.8 Å². The molecule has 1 aliphatic heterocycles. The van der Waals surface area contributed by atoms with Crippen LogP contribution in [0.25, 0.3) is 0 Å². The Balaban J connectivity index is 2.28. The van der Waals surface area contributed by atoms with Crippen LogP contribution in [0.4, 0.5) is 4.39 Å². The molecule has 1 fully saturated rings. The molecule has 1 aliphatic rings. The van der Waals surface area contributed by atoms with Crippen molar-refractivity contribution in [1.82, 2.24) is 4.90 Å². The minimum absolute atomic E-state index is 0.102. The van der Waals surface area contributed by atoms with Crippen LogP contribution in [0, 0.1) is 11.7 Å². The summed E-state index contributed by atoms with van der Waals surface area (Å²) in [5, 5.41) is 0. The highest BCUT2D eigenvalue weighted by Crippen LogP contribution is 2.36. The number of methoxy groups -OCH3 is 1. The first-order valence-corrected chi connectivity index (χ1v) is 7.59. The summed E-state index contributed by atoms with van der Waals surface area (Å²) in [6.45, 7) is 7.14. The van der Waals surface area contributed by atoms with Gasteiger partial charge in [0.05, 0.1) is 7.11 Å². The fourth-order valence-electron chi connectivity index (χ4n) is 3.26. The molecule has 116 valence electrons. The van der Waals surface area contributed by atoms with Crippen LogP contribution in [-0.2, 0) is 11.2 Å². The number of piperidine rings is 1. The molecule has 0 saturated carbocycles. The minimum Gasteiger partial charge on any atom is -0.496 e. The normalized spacial score (nSPS) is 22.2. The molecule has 1 amide bonds. The minimum atomic E-state index is -0.197. The molecule has 2 atom stereocenters. The Kier molecular flexibility index (Phi) is 4.86. The summed E-state index contributed by atoms with van der Waals surface area (Å²) >= 11 is 0. The lowest BCUT2D eigenvalue weighted by Gasteiger charge is -2.37. The highest BCUT2D eigenvalue weighted by molar-refractivity contribution is 5.73. The molecule has 0 aromatic heterocycles. The van der Waals surface area contributed by atoms with E-state index in [-0.39, 0.29) is 23.6 Å². The summed E-state index contributed by atoms with van der Waals surface area (Å²) in [5.74, 6) is 0.946. The van der Waals surface area contributed by atoms with Crippen LogP contribution in [0.2, 0.25) is 0 Å². The third-order valence-electron chi connectivity index (χ3n) is 4.53. The molecule has 0 radical (unpaired) electrons. The van der Waals surface area contributed by atoms with E-state index in [2.05, 4.69) is 6.92 Å². The smallest absolute Gasteiger partial charge is 0.219 e. The Morgan fingerprint density at radius 3 is 2.71 bits per heavy atom. The van der Waals surface area contributed by atoms with Crippen molar-refractivity contribution in [2.24, 2.45) is 5.92 Å². The predicted octanol–water partition coefficient (Wildman–Crippen LogP) is 3.37. The molecule has 1 saturated heterocycles. The third-order valence-corrected chi connectivity index (χ3v) is 4.53. The highest BCUT2D eigenvalue weighted by atomic mass is 19.1. The van der Waals surface area contributed by atoms with E-state index in [1.54, 1.807) is 14.0 Å². The van der Waals surface area contributed by atoms with Crippen molar-refractivity contribution in [2.45, 2.75) is 39.5 Å². The second kappa shape index (κ2) is 6.46. The van der Waals surface area contributed by atoms with Crippen LogP contribution in [0.3, 0.4) is 0 Å². The SMILES string of the molecule is CCc1cc(C2CCN(C(C)=O)CC2C)c(F)cc1OC. The lowest BCUT2D eigenvalue weighted by Crippen LogP contribution is -2.41. The van der Waals surface area contributed by atoms with Gasteiger partial charge in [-0.2, -0.15) is 0 Å². The third kappa shape index (κ3) is 3.20. The molecular formula is C17H24FNO2. The molecule has 1 heterocycles. The zero-order valence-electron chi connectivity index (χ0n) is 13.3. The summed E-state index contributed by atoms with van der Waals surface area (Å²) in [4.78, 5) is 13.3. The van der Waals surface area contributed by atoms with Crippen LogP contribution in [0.15, 0.2) is 12.1 Å². The Bertz CT molecular complexity index is 530. The van der Waals surface area contributed by atoms with Crippen LogP contribution in [-0.4, -0.2) is 31.0 Å². The van der Waals surface area contributed by atoms with Gasteiger partial charge in [-0.1, -0.05) is 13.8 Å². The number of nitrogens with zero attached hydrogens (tertiary/aromatic N) is 1. The molecule has 0 bridgehead atoms. The van der Waals surface area contributed by atoms with Gasteiger partial charge in [0.2, 0.25) is 5.91 Å². The van der Waals surface area contributed by atoms with Gasteiger partial charge in [-0.25, -0.2) is 4.39 Å². The van der Waals surface area contributed by atoms with Crippen molar-refractivity contribution in [1.29, 1.82) is 0 Å². The van der Waals surface area contributed by atoms with Crippen molar-refractivity contribution >= 4 is 5.91 Å². The number of halogens is 1. The number of ether oxygens (including phenoxy) is 1. The zero-order chi connectivity index (χ0) is 15.6. The number of hydrogen-bond donors (Lipinski definition) is 0. The van der Waals surface area contributed by atoms with Gasteiger partial charge in [0.15, 0.2) is 0 Å². The fourth-order valence-corrected chi connectivity index (χ4v) is 3.26. The van der Waals surface area contributed by atoms with E-state index in [0.717, 1.165) is 24.0 Å². The summed E-state index contributed by atoms with van der Waals surface area (Å²) in [6.07, 6.45) is 1.63. The molecule has 21 heavy (non-hydrogen) atoms. The van der Waals surface area contributed by atoms with Crippen molar-refractivity contribution in [3.63, 3.8) is 0 Å². The van der Waals surface area contributed by atoms with Gasteiger partial charge in [0.1, 0.15) is 11.6 Å². The number of likely N-dealkylation sites (tertiary alicyclic amines) is 1. The van der Waals surface area contributed by atoms with Crippen LogP contribution in [0.5, 0.6) is 5.75 Å². The first kappa shape index (κ1) is 15.8. The molecule has 1 aromatic carbocycles. The molecule has 1 aromatic rings. The van der Waals surface area contributed by atoms with Gasteiger partial charge in [0.25, 0.3) is 0 Å². The van der Waals surface area contributed by atoms with E-state index in [9.17, 15) is 9.18 Å². The number of carbonyl (C=O) groups is 1. The highest BCUT2D eigenvalue weighted by Gasteiger charge is 2.30. The maximum atomic E-state index is 14.4. The molecule has 2 rings (SSSR count). The Labute approximate surface area is 126 Å². The van der Waals surface area contributed by atoms with E-state index in [1.807, 2.05) is 17.9 Å². The molecule has 0 spiro atoms. The summed E-state index contributed by atoms with van der Waals surface area (Å²) in [6, 6.07) is 3.44. The van der Waals surface area contributed by atoms with Gasteiger partial charge >= 0.3 is 0 Å². The number of hydrogen-bond acceptors (Lipinski definition) is 2. The largest absolute Gasteiger partial charge is 0.496 e. The molecule has 0 N–H and O–H groups in total. The van der Waals surface area contributed by atoms with Crippen molar-refractivity contribution in [2.75, 3.05) is 20.2 Å². The number of aryl methyl sites for hydroxylation is 1. The maximum Gasteiger partial charge on any atom is 0.219 e. The van der Waals surface area contributed by atoms with Crippen molar-refractivity contribution in [3.8, 4) is 5.75 Å². The molecule has 0 aliphatic carbocycles. The average molecular weight is 293 g/mol. The molecular weight excluding hydrogens is 269 g/mol. The standard InChI is InChI=1S/C17H24FNO2/c1-5-13-8-15(16(18)9-17(13)21-4)14-6-7-19(12(3)20)10-11(14)2/h8-9,11,14H,5-7,10H2,1-4H3. The van der Waals surface area contributed by atoms with Gasteiger partial charge in [0, 0.05) is 26.1 Å². The molecule has 2 unspecified atom stereocenters. The van der Waals surface area contributed by atoms with Crippen LogP contribution in [0.1, 0.15) is 44.2 Å². The number of benzene rings is 1. The van der Waals surface area contributed by atoms with E-state index in [1.165, 1.54) is 6.07 Å². The lowest BCUT2D eigenvalue weighted by atomic mass is 9.80.